The number of benzene rings is 1. The molecule has 1 aromatic rings. The lowest BCUT2D eigenvalue weighted by Gasteiger charge is -2.27. The van der Waals surface area contributed by atoms with Crippen LogP contribution in [0.5, 0.6) is 0 Å². The molecule has 0 spiro atoms. The first-order valence-corrected chi connectivity index (χ1v) is 6.44. The van der Waals surface area contributed by atoms with Crippen molar-refractivity contribution < 1.29 is 9.53 Å². The highest BCUT2D eigenvalue weighted by atomic mass is 127. The van der Waals surface area contributed by atoms with E-state index in [0.29, 0.717) is 19.6 Å². The van der Waals surface area contributed by atoms with Crippen molar-refractivity contribution in [2.24, 2.45) is 0 Å². The third-order valence-electron chi connectivity index (χ3n) is 2.66. The molecule has 0 atom stereocenters. The lowest BCUT2D eigenvalue weighted by atomic mass is 10.1. The maximum atomic E-state index is 12.0. The molecule has 0 aliphatic carbocycles. The maximum Gasteiger partial charge on any atom is 0.227 e. The van der Waals surface area contributed by atoms with Gasteiger partial charge in [0, 0.05) is 16.7 Å². The van der Waals surface area contributed by atoms with Gasteiger partial charge in [0.25, 0.3) is 0 Å². The van der Waals surface area contributed by atoms with E-state index in [1.54, 1.807) is 0 Å². The first-order valence-electron chi connectivity index (χ1n) is 5.36. The van der Waals surface area contributed by atoms with Crippen LogP contribution in [0.4, 0.5) is 0 Å². The van der Waals surface area contributed by atoms with Crippen LogP contribution in [-0.2, 0) is 16.0 Å². The highest BCUT2D eigenvalue weighted by Crippen LogP contribution is 2.13. The number of ether oxygens (including phenoxy) is 1. The summed E-state index contributed by atoms with van der Waals surface area (Å²) in [5, 5.41) is 0. The summed E-state index contributed by atoms with van der Waals surface area (Å²) in [6, 6.07) is 8.01. The van der Waals surface area contributed by atoms with E-state index < -0.39 is 0 Å². The van der Waals surface area contributed by atoms with Gasteiger partial charge in [-0.2, -0.15) is 0 Å². The van der Waals surface area contributed by atoms with Crippen LogP contribution in [0.3, 0.4) is 0 Å². The van der Waals surface area contributed by atoms with Gasteiger partial charge in [0.15, 0.2) is 0 Å². The first-order chi connectivity index (χ1) is 7.77. The number of hydrogen-bond donors (Lipinski definition) is 0. The van der Waals surface area contributed by atoms with Gasteiger partial charge in [0.2, 0.25) is 5.91 Å². The molecule has 0 saturated carbocycles. The van der Waals surface area contributed by atoms with Gasteiger partial charge in [-0.1, -0.05) is 18.2 Å². The molecule has 3 nitrogen and oxygen atoms in total. The molecule has 0 unspecified atom stereocenters. The predicted octanol–water partition coefficient (Wildman–Crippen LogP) is 1.69. The summed E-state index contributed by atoms with van der Waals surface area (Å²) in [6.07, 6.45) is 0.499. The minimum atomic E-state index is 0.201. The highest BCUT2D eigenvalue weighted by Gasteiger charge is 2.17. The monoisotopic (exact) mass is 331 g/mol. The summed E-state index contributed by atoms with van der Waals surface area (Å²) in [7, 11) is 0. The summed E-state index contributed by atoms with van der Waals surface area (Å²) in [5.41, 5.74) is 1.11. The van der Waals surface area contributed by atoms with Crippen molar-refractivity contribution in [3.05, 3.63) is 33.4 Å². The Hall–Kier alpha value is -0.620. The van der Waals surface area contributed by atoms with Crippen LogP contribution >= 0.6 is 22.6 Å². The van der Waals surface area contributed by atoms with Crippen LogP contribution in [0.25, 0.3) is 0 Å². The van der Waals surface area contributed by atoms with Gasteiger partial charge >= 0.3 is 0 Å². The van der Waals surface area contributed by atoms with Crippen molar-refractivity contribution >= 4 is 28.5 Å². The zero-order chi connectivity index (χ0) is 11.4. The van der Waals surface area contributed by atoms with E-state index in [9.17, 15) is 4.79 Å². The summed E-state index contributed by atoms with van der Waals surface area (Å²) < 4.78 is 6.38. The fraction of sp³-hybridized carbons (Fsp3) is 0.417. The molecule has 2 rings (SSSR count). The Morgan fingerprint density at radius 3 is 2.69 bits per heavy atom. The number of rotatable bonds is 2. The molecule has 0 N–H and O–H groups in total. The first kappa shape index (κ1) is 11.9. The number of carbonyl (C=O) groups excluding carboxylic acids is 1. The molecule has 16 heavy (non-hydrogen) atoms. The molecule has 1 heterocycles. The van der Waals surface area contributed by atoms with Crippen LogP contribution < -0.4 is 0 Å². The normalized spacial score (nSPS) is 16.2. The van der Waals surface area contributed by atoms with Crippen molar-refractivity contribution in [2.75, 3.05) is 26.3 Å². The van der Waals surface area contributed by atoms with E-state index >= 15 is 0 Å². The maximum absolute atomic E-state index is 12.0. The fourth-order valence-corrected chi connectivity index (χ4v) is 2.31. The quantitative estimate of drug-likeness (QED) is 0.772. The Morgan fingerprint density at radius 1 is 1.31 bits per heavy atom. The van der Waals surface area contributed by atoms with Gasteiger partial charge in [-0.3, -0.25) is 4.79 Å². The minimum absolute atomic E-state index is 0.201. The Morgan fingerprint density at radius 2 is 2.00 bits per heavy atom. The van der Waals surface area contributed by atoms with E-state index in [1.807, 2.05) is 29.2 Å². The third kappa shape index (κ3) is 2.95. The summed E-state index contributed by atoms with van der Waals surface area (Å²) in [4.78, 5) is 13.9. The van der Waals surface area contributed by atoms with Crippen molar-refractivity contribution in [1.29, 1.82) is 0 Å². The van der Waals surface area contributed by atoms with Crippen LogP contribution in [0.15, 0.2) is 24.3 Å². The van der Waals surface area contributed by atoms with E-state index in [0.717, 1.165) is 22.2 Å². The lowest BCUT2D eigenvalue weighted by molar-refractivity contribution is -0.134. The summed E-state index contributed by atoms with van der Waals surface area (Å²) >= 11 is 2.27. The van der Waals surface area contributed by atoms with Gasteiger partial charge in [-0.15, -0.1) is 0 Å². The molecule has 86 valence electrons. The molecule has 1 amide bonds. The van der Waals surface area contributed by atoms with Gasteiger partial charge in [-0.05, 0) is 34.2 Å². The number of nitrogens with zero attached hydrogens (tertiary/aromatic N) is 1. The number of morpholine rings is 1. The van der Waals surface area contributed by atoms with Crippen molar-refractivity contribution in [3.8, 4) is 0 Å². The van der Waals surface area contributed by atoms with Gasteiger partial charge in [0.1, 0.15) is 0 Å². The molecule has 1 saturated heterocycles. The van der Waals surface area contributed by atoms with Crippen LogP contribution in [0.2, 0.25) is 0 Å². The Labute approximate surface area is 109 Å². The molecule has 1 aliphatic heterocycles. The molecule has 1 aromatic carbocycles. The number of halogens is 1. The van der Waals surface area contributed by atoms with Gasteiger partial charge in [0.05, 0.1) is 19.6 Å². The smallest absolute Gasteiger partial charge is 0.227 e. The SMILES string of the molecule is O=C(Cc1ccccc1I)N1CCOCC1. The summed E-state index contributed by atoms with van der Waals surface area (Å²) in [5.74, 6) is 0.201. The highest BCUT2D eigenvalue weighted by molar-refractivity contribution is 14.1. The fourth-order valence-electron chi connectivity index (χ4n) is 1.73. The number of amides is 1. The molecular weight excluding hydrogens is 317 g/mol. The molecule has 1 aliphatic rings. The molecule has 0 aromatic heterocycles. The molecule has 0 radical (unpaired) electrons. The van der Waals surface area contributed by atoms with Crippen molar-refractivity contribution in [2.45, 2.75) is 6.42 Å². The van der Waals surface area contributed by atoms with Crippen LogP contribution in [0.1, 0.15) is 5.56 Å². The van der Waals surface area contributed by atoms with Crippen molar-refractivity contribution in [3.63, 3.8) is 0 Å². The molecular formula is C12H14INO2. The molecule has 0 bridgehead atoms. The van der Waals surface area contributed by atoms with E-state index in [-0.39, 0.29) is 5.91 Å². The van der Waals surface area contributed by atoms with Crippen LogP contribution in [0, 0.1) is 3.57 Å². The van der Waals surface area contributed by atoms with Crippen molar-refractivity contribution in [1.82, 2.24) is 4.90 Å². The Bertz CT molecular complexity index is 375. The topological polar surface area (TPSA) is 29.5 Å². The van der Waals surface area contributed by atoms with E-state index in [4.69, 9.17) is 4.74 Å². The zero-order valence-corrected chi connectivity index (χ0v) is 11.1. The molecule has 1 fully saturated rings. The third-order valence-corrected chi connectivity index (χ3v) is 3.72. The lowest BCUT2D eigenvalue weighted by Crippen LogP contribution is -2.41. The minimum Gasteiger partial charge on any atom is -0.378 e. The average molecular weight is 331 g/mol. The Balaban J connectivity index is 1.99. The standard InChI is InChI=1S/C12H14INO2/c13-11-4-2-1-3-10(11)9-12(15)14-5-7-16-8-6-14/h1-4H,5-9H2. The van der Waals surface area contributed by atoms with E-state index in [2.05, 4.69) is 22.6 Å². The largest absolute Gasteiger partial charge is 0.378 e. The van der Waals surface area contributed by atoms with Gasteiger partial charge < -0.3 is 9.64 Å². The number of hydrogen-bond acceptors (Lipinski definition) is 2. The number of carbonyl (C=O) groups is 1. The summed E-state index contributed by atoms with van der Waals surface area (Å²) in [6.45, 7) is 2.78. The second-order valence-electron chi connectivity index (χ2n) is 3.76. The zero-order valence-electron chi connectivity index (χ0n) is 8.99. The molecule has 4 heteroatoms. The predicted molar refractivity (Wildman–Crippen MR) is 70.3 cm³/mol. The Kier molecular flexibility index (Phi) is 4.17. The van der Waals surface area contributed by atoms with E-state index in [1.165, 1.54) is 0 Å². The second-order valence-corrected chi connectivity index (χ2v) is 4.92. The average Bonchev–Trinajstić information content (AvgIpc) is 2.33. The van der Waals surface area contributed by atoms with Gasteiger partial charge in [-0.25, -0.2) is 0 Å². The second kappa shape index (κ2) is 5.63. The van der Waals surface area contributed by atoms with Crippen LogP contribution in [-0.4, -0.2) is 37.1 Å².